The van der Waals surface area contributed by atoms with Gasteiger partial charge in [0.2, 0.25) is 0 Å². The number of methoxy groups -OCH3 is 1. The number of hydrogen-bond donors (Lipinski definition) is 0. The van der Waals surface area contributed by atoms with Gasteiger partial charge in [-0.1, -0.05) is 0 Å². The van der Waals surface area contributed by atoms with Crippen LogP contribution in [0.3, 0.4) is 0 Å². The molecule has 98 valence electrons. The second-order valence-electron chi connectivity index (χ2n) is 4.54. The van der Waals surface area contributed by atoms with Crippen molar-refractivity contribution in [3.8, 4) is 5.75 Å². The average molecular weight is 321 g/mol. The molecule has 0 fully saturated rings. The van der Waals surface area contributed by atoms with Crippen LogP contribution in [0.25, 0.3) is 0 Å². The van der Waals surface area contributed by atoms with Gasteiger partial charge in [-0.3, -0.25) is 4.79 Å². The van der Waals surface area contributed by atoms with Gasteiger partial charge in [-0.2, -0.15) is 0 Å². The highest BCUT2D eigenvalue weighted by Gasteiger charge is 2.30. The topological polar surface area (TPSA) is 44.1 Å². The molecule has 0 N–H and O–H groups in total. The fourth-order valence-electron chi connectivity index (χ4n) is 2.56. The van der Waals surface area contributed by atoms with Crippen molar-refractivity contribution in [2.45, 2.75) is 18.9 Å². The van der Waals surface area contributed by atoms with Crippen molar-refractivity contribution >= 4 is 21.7 Å². The van der Waals surface area contributed by atoms with Crippen LogP contribution in [0.15, 0.2) is 35.3 Å². The molecule has 4 nitrogen and oxygen atoms in total. The zero-order valence-corrected chi connectivity index (χ0v) is 12.1. The highest BCUT2D eigenvalue weighted by molar-refractivity contribution is 9.10. The molecule has 0 aliphatic heterocycles. The van der Waals surface area contributed by atoms with Gasteiger partial charge in [-0.25, -0.2) is 4.98 Å². The normalized spacial score (nSPS) is 18.2. The van der Waals surface area contributed by atoms with Crippen LogP contribution < -0.4 is 4.74 Å². The van der Waals surface area contributed by atoms with E-state index in [1.54, 1.807) is 19.6 Å². The van der Waals surface area contributed by atoms with E-state index in [9.17, 15) is 4.79 Å². The van der Waals surface area contributed by atoms with Crippen molar-refractivity contribution in [1.82, 2.24) is 9.55 Å². The average Bonchev–Trinajstić information content (AvgIpc) is 2.94. The summed E-state index contributed by atoms with van der Waals surface area (Å²) in [6, 6.07) is 3.54. The predicted octanol–water partition coefficient (Wildman–Crippen LogP) is 3.02. The number of halogens is 1. The third-order valence-electron chi connectivity index (χ3n) is 3.55. The van der Waals surface area contributed by atoms with Crippen LogP contribution in [0.2, 0.25) is 0 Å². The van der Waals surface area contributed by atoms with Crippen LogP contribution in [-0.4, -0.2) is 22.4 Å². The number of ketones is 1. The molecular weight excluding hydrogens is 308 g/mol. The Morgan fingerprint density at radius 3 is 3.00 bits per heavy atom. The van der Waals surface area contributed by atoms with Gasteiger partial charge < -0.3 is 9.30 Å². The highest BCUT2D eigenvalue weighted by Crippen LogP contribution is 2.37. The Morgan fingerprint density at radius 1 is 1.47 bits per heavy atom. The molecule has 0 bridgehead atoms. The summed E-state index contributed by atoms with van der Waals surface area (Å²) in [5, 5.41) is 0. The number of imidazole rings is 1. The second kappa shape index (κ2) is 4.81. The molecule has 0 spiro atoms. The molecule has 1 unspecified atom stereocenters. The molecule has 2 aromatic rings. The number of ether oxygens (including phenoxy) is 1. The minimum absolute atomic E-state index is 0.141. The first kappa shape index (κ1) is 12.4. The maximum atomic E-state index is 12.6. The van der Waals surface area contributed by atoms with Gasteiger partial charge >= 0.3 is 0 Å². The van der Waals surface area contributed by atoms with Crippen LogP contribution in [0.5, 0.6) is 5.75 Å². The number of carbonyl (C=O) groups is 1. The number of rotatable bonds is 2. The third kappa shape index (κ3) is 1.98. The molecule has 3 rings (SSSR count). The molecule has 1 atom stereocenters. The van der Waals surface area contributed by atoms with E-state index in [-0.39, 0.29) is 11.8 Å². The van der Waals surface area contributed by atoms with E-state index >= 15 is 0 Å². The summed E-state index contributed by atoms with van der Waals surface area (Å²) in [7, 11) is 1.63. The number of hydrogen-bond acceptors (Lipinski definition) is 3. The van der Waals surface area contributed by atoms with Gasteiger partial charge in [0.15, 0.2) is 5.78 Å². The Bertz CT molecular complexity index is 623. The van der Waals surface area contributed by atoms with E-state index in [0.717, 1.165) is 34.2 Å². The number of fused-ring (bicyclic) bond motifs is 1. The van der Waals surface area contributed by atoms with Gasteiger partial charge in [0, 0.05) is 18.0 Å². The Labute approximate surface area is 119 Å². The number of aromatic nitrogens is 2. The van der Waals surface area contributed by atoms with Gasteiger partial charge in [-0.15, -0.1) is 0 Å². The fraction of sp³-hybridized carbons (Fsp3) is 0.286. The summed E-state index contributed by atoms with van der Waals surface area (Å²) in [4.78, 5) is 16.6. The molecule has 1 heterocycles. The summed E-state index contributed by atoms with van der Waals surface area (Å²) in [5.74, 6) is 0.912. The van der Waals surface area contributed by atoms with Crippen LogP contribution in [0, 0.1) is 0 Å². The quantitative estimate of drug-likeness (QED) is 0.854. The van der Waals surface area contributed by atoms with Gasteiger partial charge in [0.1, 0.15) is 5.75 Å². The molecule has 5 heteroatoms. The number of nitrogens with zero attached hydrogens (tertiary/aromatic N) is 2. The molecule has 1 aliphatic carbocycles. The first-order valence-corrected chi connectivity index (χ1v) is 6.88. The maximum absolute atomic E-state index is 12.6. The summed E-state index contributed by atoms with van der Waals surface area (Å²) >= 11 is 3.53. The molecule has 1 aliphatic rings. The molecule has 0 amide bonds. The van der Waals surface area contributed by atoms with E-state index in [2.05, 4.69) is 20.9 Å². The smallest absolute Gasteiger partial charge is 0.185 e. The van der Waals surface area contributed by atoms with E-state index in [0.29, 0.717) is 0 Å². The maximum Gasteiger partial charge on any atom is 0.185 e. The summed E-state index contributed by atoms with van der Waals surface area (Å²) in [6.45, 7) is 0. The Balaban J connectivity index is 2.03. The second-order valence-corrected chi connectivity index (χ2v) is 5.33. The van der Waals surface area contributed by atoms with E-state index in [1.165, 1.54) is 0 Å². The van der Waals surface area contributed by atoms with Crippen molar-refractivity contribution < 1.29 is 9.53 Å². The summed E-state index contributed by atoms with van der Waals surface area (Å²) < 4.78 is 8.04. The highest BCUT2D eigenvalue weighted by atomic mass is 79.9. The van der Waals surface area contributed by atoms with Crippen molar-refractivity contribution in [3.05, 3.63) is 46.5 Å². The van der Waals surface area contributed by atoms with Gasteiger partial charge in [-0.05, 0) is 46.5 Å². The van der Waals surface area contributed by atoms with Crippen LogP contribution in [0.4, 0.5) is 0 Å². The third-order valence-corrected chi connectivity index (χ3v) is 4.42. The van der Waals surface area contributed by atoms with Crippen molar-refractivity contribution in [3.63, 3.8) is 0 Å². The Morgan fingerprint density at radius 2 is 2.32 bits per heavy atom. The largest absolute Gasteiger partial charge is 0.496 e. The van der Waals surface area contributed by atoms with Crippen LogP contribution >= 0.6 is 15.9 Å². The zero-order chi connectivity index (χ0) is 13.4. The minimum Gasteiger partial charge on any atom is -0.496 e. The Kier molecular flexibility index (Phi) is 3.14. The van der Waals surface area contributed by atoms with E-state index in [1.807, 2.05) is 22.9 Å². The molecule has 1 aromatic carbocycles. The first-order chi connectivity index (χ1) is 9.22. The molecule has 1 aromatic heterocycles. The number of Topliss-reactive ketones (excluding diaryl/α,β-unsaturated/α-hetero) is 1. The van der Waals surface area contributed by atoms with Crippen LogP contribution in [0.1, 0.15) is 28.4 Å². The lowest BCUT2D eigenvalue weighted by atomic mass is 9.87. The number of benzene rings is 1. The molecule has 0 radical (unpaired) electrons. The van der Waals surface area contributed by atoms with Crippen LogP contribution in [-0.2, 0) is 6.42 Å². The minimum atomic E-state index is -0.143. The Hall–Kier alpha value is -1.62. The lowest BCUT2D eigenvalue weighted by Crippen LogP contribution is -2.25. The van der Waals surface area contributed by atoms with Gasteiger partial charge in [0.05, 0.1) is 24.0 Å². The molecular formula is C14H13BrN2O2. The lowest BCUT2D eigenvalue weighted by Gasteiger charge is -2.25. The predicted molar refractivity (Wildman–Crippen MR) is 74.6 cm³/mol. The SMILES string of the molecule is COc1ccc2c(c1Br)CCC(n1ccnc1)C2=O. The molecule has 0 saturated carbocycles. The zero-order valence-electron chi connectivity index (χ0n) is 10.5. The van der Waals surface area contributed by atoms with Crippen molar-refractivity contribution in [1.29, 1.82) is 0 Å². The van der Waals surface area contributed by atoms with E-state index in [4.69, 9.17) is 4.74 Å². The lowest BCUT2D eigenvalue weighted by molar-refractivity contribution is 0.0908. The van der Waals surface area contributed by atoms with Crippen molar-refractivity contribution in [2.24, 2.45) is 0 Å². The van der Waals surface area contributed by atoms with Gasteiger partial charge in [0.25, 0.3) is 0 Å². The summed E-state index contributed by atoms with van der Waals surface area (Å²) in [5.41, 5.74) is 1.82. The standard InChI is InChI=1S/C14H13BrN2O2/c1-19-12-5-3-10-9(13(12)15)2-4-11(14(10)18)17-7-6-16-8-17/h3,5-8,11H,2,4H2,1H3. The van der Waals surface area contributed by atoms with Crippen molar-refractivity contribution in [2.75, 3.05) is 7.11 Å². The first-order valence-electron chi connectivity index (χ1n) is 6.09. The summed E-state index contributed by atoms with van der Waals surface area (Å²) in [6.07, 6.45) is 6.88. The number of carbonyl (C=O) groups excluding carboxylic acids is 1. The van der Waals surface area contributed by atoms with E-state index < -0.39 is 0 Å². The fourth-order valence-corrected chi connectivity index (χ4v) is 3.27. The molecule has 19 heavy (non-hydrogen) atoms. The monoisotopic (exact) mass is 320 g/mol. The molecule has 0 saturated heterocycles.